The second-order valence-electron chi connectivity index (χ2n) is 3.89. The van der Waals surface area contributed by atoms with Gasteiger partial charge in [-0.2, -0.15) is 5.26 Å². The average Bonchev–Trinajstić information content (AvgIpc) is 2.83. The van der Waals surface area contributed by atoms with E-state index >= 15 is 0 Å². The highest BCUT2D eigenvalue weighted by molar-refractivity contribution is 5.38. The minimum Gasteiger partial charge on any atom is -0.378 e. The second kappa shape index (κ2) is 5.47. The first-order chi connectivity index (χ1) is 7.88. The van der Waals surface area contributed by atoms with Gasteiger partial charge in [0.1, 0.15) is 11.9 Å². The number of nitrogens with one attached hydrogen (secondary N) is 1. The summed E-state index contributed by atoms with van der Waals surface area (Å²) in [7, 11) is 0. The van der Waals surface area contributed by atoms with Crippen LogP contribution in [-0.4, -0.2) is 24.2 Å². The van der Waals surface area contributed by atoms with E-state index in [1.165, 1.54) is 12.8 Å². The lowest BCUT2D eigenvalue weighted by atomic mass is 10.2. The minimum atomic E-state index is 0.408. The molecule has 1 aromatic rings. The highest BCUT2D eigenvalue weighted by Crippen LogP contribution is 2.15. The average molecular weight is 217 g/mol. The number of rotatable bonds is 4. The molecule has 84 valence electrons. The number of aromatic nitrogens is 1. The maximum absolute atomic E-state index is 8.62. The smallest absolute Gasteiger partial charge is 0.125 e. The predicted octanol–water partition coefficient (Wildman–Crippen LogP) is 1.93. The Balaban J connectivity index is 1.74. The van der Waals surface area contributed by atoms with Crippen molar-refractivity contribution in [2.75, 3.05) is 18.5 Å². The van der Waals surface area contributed by atoms with E-state index in [0.29, 0.717) is 11.7 Å². The Hall–Kier alpha value is -1.60. The van der Waals surface area contributed by atoms with Gasteiger partial charge in [0.2, 0.25) is 0 Å². The molecule has 1 fully saturated rings. The largest absolute Gasteiger partial charge is 0.378 e. The molecule has 0 saturated carbocycles. The van der Waals surface area contributed by atoms with Crippen molar-refractivity contribution in [1.82, 2.24) is 4.98 Å². The Labute approximate surface area is 95.3 Å². The van der Waals surface area contributed by atoms with Gasteiger partial charge in [0.15, 0.2) is 0 Å². The maximum atomic E-state index is 8.62. The van der Waals surface area contributed by atoms with Gasteiger partial charge in [-0.25, -0.2) is 4.98 Å². The molecule has 1 N–H and O–H groups in total. The molecule has 1 aliphatic heterocycles. The van der Waals surface area contributed by atoms with Gasteiger partial charge in [0.25, 0.3) is 0 Å². The van der Waals surface area contributed by atoms with Crippen molar-refractivity contribution in [3.63, 3.8) is 0 Å². The molecule has 0 bridgehead atoms. The molecule has 16 heavy (non-hydrogen) atoms. The highest BCUT2D eigenvalue weighted by atomic mass is 16.5. The molecule has 1 saturated heterocycles. The van der Waals surface area contributed by atoms with Gasteiger partial charge >= 0.3 is 0 Å². The van der Waals surface area contributed by atoms with Gasteiger partial charge in [-0.05, 0) is 31.4 Å². The third-order valence-corrected chi connectivity index (χ3v) is 2.69. The van der Waals surface area contributed by atoms with Crippen LogP contribution in [0.4, 0.5) is 5.82 Å². The highest BCUT2D eigenvalue weighted by Gasteiger charge is 2.14. The molecule has 2 rings (SSSR count). The summed E-state index contributed by atoms with van der Waals surface area (Å²) >= 11 is 0. The first-order valence-corrected chi connectivity index (χ1v) is 5.60. The van der Waals surface area contributed by atoms with Crippen LogP contribution in [0.3, 0.4) is 0 Å². The number of anilines is 1. The standard InChI is InChI=1S/C12H15N3O/c13-8-10-3-4-12(15-9-10)14-6-5-11-2-1-7-16-11/h3-4,9,11H,1-2,5-7H2,(H,14,15). The second-order valence-corrected chi connectivity index (χ2v) is 3.89. The monoisotopic (exact) mass is 217 g/mol. The zero-order chi connectivity index (χ0) is 11.2. The zero-order valence-corrected chi connectivity index (χ0v) is 9.15. The summed E-state index contributed by atoms with van der Waals surface area (Å²) < 4.78 is 5.52. The SMILES string of the molecule is N#Cc1ccc(NCCC2CCCO2)nc1. The van der Waals surface area contributed by atoms with Crippen molar-refractivity contribution >= 4 is 5.82 Å². The third-order valence-electron chi connectivity index (χ3n) is 2.69. The van der Waals surface area contributed by atoms with Crippen LogP contribution in [0, 0.1) is 11.3 Å². The fraction of sp³-hybridized carbons (Fsp3) is 0.500. The molecule has 0 amide bonds. The maximum Gasteiger partial charge on any atom is 0.125 e. The normalized spacial score (nSPS) is 19.3. The first kappa shape index (κ1) is 10.9. The van der Waals surface area contributed by atoms with E-state index in [9.17, 15) is 0 Å². The number of nitriles is 1. The number of hydrogen-bond acceptors (Lipinski definition) is 4. The molecule has 0 radical (unpaired) electrons. The van der Waals surface area contributed by atoms with E-state index in [2.05, 4.69) is 10.3 Å². The summed E-state index contributed by atoms with van der Waals surface area (Å²) in [5, 5.41) is 11.8. The first-order valence-electron chi connectivity index (χ1n) is 5.60. The van der Waals surface area contributed by atoms with Crippen molar-refractivity contribution in [1.29, 1.82) is 5.26 Å². The summed E-state index contributed by atoms with van der Waals surface area (Å²) in [4.78, 5) is 4.14. The molecule has 1 aliphatic rings. The lowest BCUT2D eigenvalue weighted by Gasteiger charge is -2.10. The Morgan fingerprint density at radius 3 is 3.12 bits per heavy atom. The van der Waals surface area contributed by atoms with Crippen LogP contribution in [0.15, 0.2) is 18.3 Å². The lowest BCUT2D eigenvalue weighted by molar-refractivity contribution is 0.107. The number of nitrogens with zero attached hydrogens (tertiary/aromatic N) is 2. The van der Waals surface area contributed by atoms with Crippen LogP contribution < -0.4 is 5.32 Å². The van der Waals surface area contributed by atoms with Crippen LogP contribution in [0.2, 0.25) is 0 Å². The molecule has 2 heterocycles. The van der Waals surface area contributed by atoms with Crippen LogP contribution in [0.25, 0.3) is 0 Å². The summed E-state index contributed by atoms with van der Waals surface area (Å²) in [5.74, 6) is 0.817. The molecule has 0 spiro atoms. The van der Waals surface area contributed by atoms with E-state index in [1.807, 2.05) is 12.1 Å². The molecular formula is C12H15N3O. The van der Waals surface area contributed by atoms with Gasteiger partial charge in [0.05, 0.1) is 11.7 Å². The Bertz CT molecular complexity index is 363. The minimum absolute atomic E-state index is 0.408. The number of hydrogen-bond donors (Lipinski definition) is 1. The van der Waals surface area contributed by atoms with Crippen molar-refractivity contribution in [3.05, 3.63) is 23.9 Å². The summed E-state index contributed by atoms with van der Waals surface area (Å²) in [6.45, 7) is 1.77. The topological polar surface area (TPSA) is 57.9 Å². The zero-order valence-electron chi connectivity index (χ0n) is 9.15. The molecule has 0 aliphatic carbocycles. The van der Waals surface area contributed by atoms with E-state index in [0.717, 1.165) is 25.4 Å². The van der Waals surface area contributed by atoms with E-state index in [-0.39, 0.29) is 0 Å². The Kier molecular flexibility index (Phi) is 3.73. The molecule has 1 unspecified atom stereocenters. The van der Waals surface area contributed by atoms with Crippen molar-refractivity contribution < 1.29 is 4.74 Å². The molecule has 1 atom stereocenters. The fourth-order valence-corrected chi connectivity index (χ4v) is 1.80. The van der Waals surface area contributed by atoms with E-state index in [1.54, 1.807) is 12.3 Å². The van der Waals surface area contributed by atoms with Crippen LogP contribution in [-0.2, 0) is 4.74 Å². The van der Waals surface area contributed by atoms with Gasteiger partial charge in [-0.3, -0.25) is 0 Å². The molecule has 1 aromatic heterocycles. The number of ether oxygens (including phenoxy) is 1. The van der Waals surface area contributed by atoms with E-state index < -0.39 is 0 Å². The van der Waals surface area contributed by atoms with Crippen molar-refractivity contribution in [2.24, 2.45) is 0 Å². The summed E-state index contributed by atoms with van der Waals surface area (Å²) in [6.07, 6.45) is 5.35. The Morgan fingerprint density at radius 2 is 2.50 bits per heavy atom. The van der Waals surface area contributed by atoms with Crippen LogP contribution in [0.5, 0.6) is 0 Å². The van der Waals surface area contributed by atoms with Gasteiger partial charge < -0.3 is 10.1 Å². The van der Waals surface area contributed by atoms with E-state index in [4.69, 9.17) is 10.00 Å². The molecule has 4 heteroatoms. The molecular weight excluding hydrogens is 202 g/mol. The predicted molar refractivity (Wildman–Crippen MR) is 61.0 cm³/mol. The molecule has 4 nitrogen and oxygen atoms in total. The third kappa shape index (κ3) is 2.94. The van der Waals surface area contributed by atoms with Crippen LogP contribution >= 0.6 is 0 Å². The van der Waals surface area contributed by atoms with Crippen molar-refractivity contribution in [3.8, 4) is 6.07 Å². The summed E-state index contributed by atoms with van der Waals surface area (Å²) in [5.41, 5.74) is 0.588. The quantitative estimate of drug-likeness (QED) is 0.837. The van der Waals surface area contributed by atoms with Gasteiger partial charge in [-0.15, -0.1) is 0 Å². The van der Waals surface area contributed by atoms with Gasteiger partial charge in [0, 0.05) is 19.3 Å². The summed E-state index contributed by atoms with van der Waals surface area (Å²) in [6, 6.07) is 5.64. The van der Waals surface area contributed by atoms with Crippen molar-refractivity contribution in [2.45, 2.75) is 25.4 Å². The number of pyridine rings is 1. The Morgan fingerprint density at radius 1 is 1.56 bits per heavy atom. The lowest BCUT2D eigenvalue weighted by Crippen LogP contribution is -2.12. The van der Waals surface area contributed by atoms with Gasteiger partial charge in [-0.1, -0.05) is 0 Å². The van der Waals surface area contributed by atoms with Crippen LogP contribution in [0.1, 0.15) is 24.8 Å². The fourth-order valence-electron chi connectivity index (χ4n) is 1.80. The molecule has 0 aromatic carbocycles.